The van der Waals surface area contributed by atoms with Crippen LogP contribution < -0.4 is 0 Å². The largest absolute Gasteiger partial charge is 0.481 e. The third-order valence-corrected chi connectivity index (χ3v) is 4.07. The minimum absolute atomic E-state index is 0.481. The molecule has 1 aromatic heterocycles. The standard InChI is InChI=1S/C15H25N3O3/c1-4-5-15(14(19)20)6-7-18(10-15)9-12-16-13(21-17-12)8-11(2)3/h11H,4-10H2,1-3H3,(H,19,20). The topological polar surface area (TPSA) is 79.5 Å². The summed E-state index contributed by atoms with van der Waals surface area (Å²) >= 11 is 0. The lowest BCUT2D eigenvalue weighted by Crippen LogP contribution is -2.34. The monoisotopic (exact) mass is 295 g/mol. The molecule has 0 aromatic carbocycles. The predicted molar refractivity (Wildman–Crippen MR) is 77.7 cm³/mol. The quantitative estimate of drug-likeness (QED) is 0.831. The Hall–Kier alpha value is -1.43. The lowest BCUT2D eigenvalue weighted by molar-refractivity contribution is -0.148. The first kappa shape index (κ1) is 15.9. The molecule has 2 rings (SSSR count). The van der Waals surface area contributed by atoms with Gasteiger partial charge in [0.1, 0.15) is 0 Å². The van der Waals surface area contributed by atoms with Crippen LogP contribution in [-0.4, -0.2) is 39.2 Å². The number of hydrogen-bond acceptors (Lipinski definition) is 5. The Labute approximate surface area is 125 Å². The minimum Gasteiger partial charge on any atom is -0.481 e. The maximum Gasteiger partial charge on any atom is 0.310 e. The van der Waals surface area contributed by atoms with Crippen molar-refractivity contribution in [3.8, 4) is 0 Å². The third kappa shape index (κ3) is 3.81. The van der Waals surface area contributed by atoms with Gasteiger partial charge in [-0.15, -0.1) is 0 Å². The Morgan fingerprint density at radius 1 is 1.52 bits per heavy atom. The van der Waals surface area contributed by atoms with Gasteiger partial charge >= 0.3 is 5.97 Å². The lowest BCUT2D eigenvalue weighted by Gasteiger charge is -2.23. The molecule has 1 N–H and O–H groups in total. The molecule has 1 saturated heterocycles. The summed E-state index contributed by atoms with van der Waals surface area (Å²) in [7, 11) is 0. The summed E-state index contributed by atoms with van der Waals surface area (Å²) in [6.07, 6.45) is 3.10. The number of carboxylic acids is 1. The Morgan fingerprint density at radius 2 is 2.29 bits per heavy atom. The Bertz CT molecular complexity index is 486. The highest BCUT2D eigenvalue weighted by molar-refractivity contribution is 5.75. The second kappa shape index (κ2) is 6.56. The average molecular weight is 295 g/mol. The third-order valence-electron chi connectivity index (χ3n) is 4.07. The summed E-state index contributed by atoms with van der Waals surface area (Å²) in [5.41, 5.74) is -0.598. The van der Waals surface area contributed by atoms with E-state index in [0.717, 1.165) is 25.8 Å². The van der Waals surface area contributed by atoms with Crippen molar-refractivity contribution in [1.82, 2.24) is 15.0 Å². The summed E-state index contributed by atoms with van der Waals surface area (Å²) in [4.78, 5) is 18.1. The first-order chi connectivity index (χ1) is 9.95. The minimum atomic E-state index is -0.680. The van der Waals surface area contributed by atoms with E-state index in [-0.39, 0.29) is 0 Å². The summed E-state index contributed by atoms with van der Waals surface area (Å²) in [6, 6.07) is 0. The van der Waals surface area contributed by atoms with Crippen molar-refractivity contribution >= 4 is 5.97 Å². The van der Waals surface area contributed by atoms with Gasteiger partial charge in [-0.1, -0.05) is 32.3 Å². The zero-order valence-corrected chi connectivity index (χ0v) is 13.1. The van der Waals surface area contributed by atoms with E-state index in [1.54, 1.807) is 0 Å². The number of carbonyl (C=O) groups is 1. The van der Waals surface area contributed by atoms with E-state index < -0.39 is 11.4 Å². The number of nitrogens with zero attached hydrogens (tertiary/aromatic N) is 3. The van der Waals surface area contributed by atoms with E-state index >= 15 is 0 Å². The van der Waals surface area contributed by atoms with Crippen LogP contribution in [-0.2, 0) is 17.8 Å². The van der Waals surface area contributed by atoms with Crippen LogP contribution >= 0.6 is 0 Å². The van der Waals surface area contributed by atoms with Gasteiger partial charge in [0.15, 0.2) is 5.82 Å². The maximum absolute atomic E-state index is 11.6. The molecule has 0 amide bonds. The maximum atomic E-state index is 11.6. The fraction of sp³-hybridized carbons (Fsp3) is 0.800. The summed E-state index contributed by atoms with van der Waals surface area (Å²) in [5.74, 6) is 1.12. The van der Waals surface area contributed by atoms with E-state index in [2.05, 4.69) is 28.9 Å². The van der Waals surface area contributed by atoms with Gasteiger partial charge in [0, 0.05) is 13.0 Å². The molecule has 0 radical (unpaired) electrons. The molecule has 0 aliphatic carbocycles. The molecule has 1 fully saturated rings. The van der Waals surface area contributed by atoms with E-state index in [1.807, 2.05) is 6.92 Å². The summed E-state index contributed by atoms with van der Waals surface area (Å²) in [5, 5.41) is 13.5. The number of aromatic nitrogens is 2. The van der Waals surface area contributed by atoms with Gasteiger partial charge in [-0.3, -0.25) is 9.69 Å². The molecular weight excluding hydrogens is 270 g/mol. The Morgan fingerprint density at radius 3 is 2.90 bits per heavy atom. The van der Waals surface area contributed by atoms with Crippen molar-refractivity contribution < 1.29 is 14.4 Å². The summed E-state index contributed by atoms with van der Waals surface area (Å²) < 4.78 is 5.23. The fourth-order valence-electron chi connectivity index (χ4n) is 3.04. The van der Waals surface area contributed by atoms with Crippen LogP contribution in [0.5, 0.6) is 0 Å². The molecule has 1 unspecified atom stereocenters. The predicted octanol–water partition coefficient (Wildman–Crippen LogP) is 2.34. The van der Waals surface area contributed by atoms with Crippen molar-refractivity contribution in [2.45, 2.75) is 53.0 Å². The molecule has 21 heavy (non-hydrogen) atoms. The Balaban J connectivity index is 1.95. The van der Waals surface area contributed by atoms with Crippen LogP contribution in [0.3, 0.4) is 0 Å². The van der Waals surface area contributed by atoms with Crippen molar-refractivity contribution in [1.29, 1.82) is 0 Å². The molecule has 1 aliphatic rings. The van der Waals surface area contributed by atoms with Crippen molar-refractivity contribution in [2.75, 3.05) is 13.1 Å². The van der Waals surface area contributed by atoms with Crippen LogP contribution in [0.4, 0.5) is 0 Å². The van der Waals surface area contributed by atoms with Gasteiger partial charge in [-0.25, -0.2) is 0 Å². The van der Waals surface area contributed by atoms with Gasteiger partial charge < -0.3 is 9.63 Å². The van der Waals surface area contributed by atoms with Gasteiger partial charge in [-0.2, -0.15) is 4.98 Å². The molecule has 2 heterocycles. The number of aliphatic carboxylic acids is 1. The molecule has 118 valence electrons. The highest BCUT2D eigenvalue weighted by Crippen LogP contribution is 2.36. The summed E-state index contributed by atoms with van der Waals surface area (Å²) in [6.45, 7) is 8.17. The highest BCUT2D eigenvalue weighted by Gasteiger charge is 2.44. The van der Waals surface area contributed by atoms with Gasteiger partial charge in [0.05, 0.1) is 12.0 Å². The van der Waals surface area contributed by atoms with Gasteiger partial charge in [0.25, 0.3) is 0 Å². The fourth-order valence-corrected chi connectivity index (χ4v) is 3.04. The number of carboxylic acid groups (broad SMARTS) is 1. The van der Waals surface area contributed by atoms with Crippen molar-refractivity contribution in [3.63, 3.8) is 0 Å². The number of likely N-dealkylation sites (tertiary alicyclic amines) is 1. The lowest BCUT2D eigenvalue weighted by atomic mass is 9.83. The van der Waals surface area contributed by atoms with Crippen LogP contribution in [0, 0.1) is 11.3 Å². The molecule has 6 nitrogen and oxygen atoms in total. The van der Waals surface area contributed by atoms with E-state index in [4.69, 9.17) is 4.52 Å². The van der Waals surface area contributed by atoms with Crippen LogP contribution in [0.1, 0.15) is 51.7 Å². The number of hydrogen-bond donors (Lipinski definition) is 1. The van der Waals surface area contributed by atoms with E-state index in [0.29, 0.717) is 37.1 Å². The smallest absolute Gasteiger partial charge is 0.310 e. The highest BCUT2D eigenvalue weighted by atomic mass is 16.5. The zero-order chi connectivity index (χ0) is 15.5. The molecule has 0 spiro atoms. The molecule has 1 aliphatic heterocycles. The van der Waals surface area contributed by atoms with Crippen molar-refractivity contribution in [3.05, 3.63) is 11.7 Å². The first-order valence-electron chi connectivity index (χ1n) is 7.72. The van der Waals surface area contributed by atoms with E-state index in [9.17, 15) is 9.90 Å². The normalized spacial score (nSPS) is 23.0. The molecule has 0 bridgehead atoms. The van der Waals surface area contributed by atoms with Crippen LogP contribution in [0.25, 0.3) is 0 Å². The zero-order valence-electron chi connectivity index (χ0n) is 13.1. The average Bonchev–Trinajstić information content (AvgIpc) is 2.98. The molecule has 1 atom stereocenters. The van der Waals surface area contributed by atoms with Gasteiger partial charge in [0.2, 0.25) is 5.89 Å². The molecule has 1 aromatic rings. The second-order valence-corrected chi connectivity index (χ2v) is 6.50. The molecular formula is C15H25N3O3. The number of rotatable bonds is 7. The molecule has 0 saturated carbocycles. The first-order valence-corrected chi connectivity index (χ1v) is 7.72. The van der Waals surface area contributed by atoms with E-state index in [1.165, 1.54) is 0 Å². The second-order valence-electron chi connectivity index (χ2n) is 6.50. The van der Waals surface area contributed by atoms with Crippen molar-refractivity contribution in [2.24, 2.45) is 11.3 Å². The van der Waals surface area contributed by atoms with Gasteiger partial charge in [-0.05, 0) is 25.3 Å². The SMILES string of the molecule is CCCC1(C(=O)O)CCN(Cc2noc(CC(C)C)n2)C1. The Kier molecular flexibility index (Phi) is 4.98. The van der Waals surface area contributed by atoms with Crippen LogP contribution in [0.15, 0.2) is 4.52 Å². The van der Waals surface area contributed by atoms with Crippen LogP contribution in [0.2, 0.25) is 0 Å². The molecule has 6 heteroatoms.